The van der Waals surface area contributed by atoms with E-state index >= 15 is 0 Å². The van der Waals surface area contributed by atoms with Crippen molar-refractivity contribution in [1.29, 1.82) is 0 Å². The molecule has 0 saturated carbocycles. The summed E-state index contributed by atoms with van der Waals surface area (Å²) in [6.45, 7) is 0. The van der Waals surface area contributed by atoms with Gasteiger partial charge in [0.15, 0.2) is 11.6 Å². The van der Waals surface area contributed by atoms with E-state index in [1.54, 1.807) is 48.8 Å². The molecule has 0 bridgehead atoms. The molecule has 2 aromatic rings. The van der Waals surface area contributed by atoms with Crippen LogP contribution in [0.4, 0.5) is 10.5 Å². The zero-order chi connectivity index (χ0) is 13.0. The molecule has 0 unspecified atom stereocenters. The summed E-state index contributed by atoms with van der Waals surface area (Å²) in [5.74, 6) is -0.341. The molecule has 2 rings (SSSR count). The lowest BCUT2D eigenvalue weighted by Gasteiger charge is -2.08. The number of rotatable bonds is 3. The Hall–Kier alpha value is -2.43. The van der Waals surface area contributed by atoms with Crippen LogP contribution in [0.15, 0.2) is 48.8 Å². The number of nitrogens with zero attached hydrogens (tertiary/aromatic N) is 1. The van der Waals surface area contributed by atoms with Crippen LogP contribution < -0.4 is 5.32 Å². The highest BCUT2D eigenvalue weighted by Gasteiger charge is 2.13. The highest BCUT2D eigenvalue weighted by molar-refractivity contribution is 6.60. The van der Waals surface area contributed by atoms with E-state index in [-0.39, 0.29) is 11.6 Å². The summed E-state index contributed by atoms with van der Waals surface area (Å²) in [5, 5.41) is 2.65. The van der Waals surface area contributed by atoms with Crippen molar-refractivity contribution in [2.24, 2.45) is 0 Å². The number of carbonyl (C=O) groups excluding carboxylic acids is 2. The van der Waals surface area contributed by atoms with Gasteiger partial charge in [0.25, 0.3) is 0 Å². The second kappa shape index (κ2) is 5.27. The van der Waals surface area contributed by atoms with Crippen LogP contribution >= 0.6 is 0 Å². The average Bonchev–Trinajstić information content (AvgIpc) is 2.39. The number of amides is 1. The van der Waals surface area contributed by atoms with Crippen molar-refractivity contribution in [2.75, 3.05) is 5.32 Å². The smallest absolute Gasteiger partial charge is 0.216 e. The van der Waals surface area contributed by atoms with Crippen LogP contribution in [-0.2, 0) is 0 Å². The fraction of sp³-hybridized carbons (Fsp3) is 0. The quantitative estimate of drug-likeness (QED) is 0.650. The maximum absolute atomic E-state index is 12.3. The van der Waals surface area contributed by atoms with Gasteiger partial charge in [-0.05, 0) is 24.3 Å². The second-order valence-electron chi connectivity index (χ2n) is 3.79. The van der Waals surface area contributed by atoms with E-state index in [0.29, 0.717) is 16.8 Å². The molecule has 0 saturated heterocycles. The number of benzene rings is 1. The lowest BCUT2D eigenvalue weighted by atomic mass is 10.0. The fourth-order valence-corrected chi connectivity index (χ4v) is 1.64. The molecule has 1 amide bonds. The number of pyridine rings is 1. The Labute approximate surface area is 105 Å². The van der Waals surface area contributed by atoms with Crippen LogP contribution in [0, 0.1) is 0 Å². The maximum atomic E-state index is 12.3. The van der Waals surface area contributed by atoms with Crippen molar-refractivity contribution >= 4 is 25.1 Å². The van der Waals surface area contributed by atoms with E-state index in [0.717, 1.165) is 0 Å². The number of aromatic nitrogens is 1. The molecule has 0 aliphatic rings. The van der Waals surface area contributed by atoms with Gasteiger partial charge < -0.3 is 5.32 Å². The van der Waals surface area contributed by atoms with Gasteiger partial charge in [0.1, 0.15) is 0 Å². The highest BCUT2D eigenvalue weighted by Crippen LogP contribution is 2.18. The molecule has 1 heterocycles. The van der Waals surface area contributed by atoms with E-state index in [4.69, 9.17) is 0 Å². The van der Waals surface area contributed by atoms with Gasteiger partial charge in [-0.3, -0.25) is 14.6 Å². The standard InChI is InChI=1S/C13H11BN2O2/c14-13(18)16-11-4-2-1-3-10(11)12(17)9-5-7-15-8-6-9/h1-8H,14H2,(H,16,18). The number of hydrogen-bond acceptors (Lipinski definition) is 3. The zero-order valence-electron chi connectivity index (χ0n) is 9.88. The molecule has 88 valence electrons. The third-order valence-corrected chi connectivity index (χ3v) is 2.42. The van der Waals surface area contributed by atoms with Crippen molar-refractivity contribution in [3.8, 4) is 0 Å². The highest BCUT2D eigenvalue weighted by atomic mass is 16.1. The first kappa shape index (κ1) is 12.0. The van der Waals surface area contributed by atoms with Gasteiger partial charge in [-0.2, -0.15) is 0 Å². The van der Waals surface area contributed by atoms with E-state index in [9.17, 15) is 9.59 Å². The number of hydrogen-bond donors (Lipinski definition) is 1. The molecule has 18 heavy (non-hydrogen) atoms. The van der Waals surface area contributed by atoms with Gasteiger partial charge in [0.05, 0.1) is 5.69 Å². The Bertz CT molecular complexity index is 585. The Kier molecular flexibility index (Phi) is 3.53. The molecule has 4 nitrogen and oxygen atoms in total. The Morgan fingerprint density at radius 1 is 1.06 bits per heavy atom. The minimum atomic E-state index is -0.204. The molecule has 0 fully saturated rings. The first-order valence-electron chi connectivity index (χ1n) is 5.50. The normalized spacial score (nSPS) is 9.78. The van der Waals surface area contributed by atoms with Gasteiger partial charge in [-0.1, -0.05) is 12.1 Å². The molecular formula is C13H11BN2O2. The number of nitrogens with one attached hydrogen (secondary N) is 1. The molecule has 0 aliphatic heterocycles. The lowest BCUT2D eigenvalue weighted by Crippen LogP contribution is -2.13. The zero-order valence-corrected chi connectivity index (χ0v) is 9.88. The van der Waals surface area contributed by atoms with Crippen LogP contribution in [0.25, 0.3) is 0 Å². The Balaban J connectivity index is 2.39. The third-order valence-electron chi connectivity index (χ3n) is 2.42. The molecule has 0 spiro atoms. The van der Waals surface area contributed by atoms with Crippen LogP contribution in [0.5, 0.6) is 0 Å². The predicted molar refractivity (Wildman–Crippen MR) is 71.7 cm³/mol. The van der Waals surface area contributed by atoms with Gasteiger partial charge in [0.2, 0.25) is 7.85 Å². The lowest BCUT2D eigenvalue weighted by molar-refractivity contribution is 0.103. The fourth-order valence-electron chi connectivity index (χ4n) is 1.64. The van der Waals surface area contributed by atoms with Gasteiger partial charge in [-0.15, -0.1) is 0 Å². The van der Waals surface area contributed by atoms with E-state index in [1.165, 1.54) is 7.85 Å². The van der Waals surface area contributed by atoms with Crippen LogP contribution in [0.1, 0.15) is 15.9 Å². The molecule has 5 heteroatoms. The Morgan fingerprint density at radius 3 is 2.39 bits per heavy atom. The SMILES string of the molecule is BC(=O)Nc1ccccc1C(=O)c1ccncc1. The molecule has 0 atom stereocenters. The van der Waals surface area contributed by atoms with Crippen molar-refractivity contribution < 1.29 is 9.59 Å². The molecule has 1 aromatic heterocycles. The van der Waals surface area contributed by atoms with Crippen LogP contribution in [-0.4, -0.2) is 24.4 Å². The van der Waals surface area contributed by atoms with Crippen molar-refractivity contribution in [3.63, 3.8) is 0 Å². The summed E-state index contributed by atoms with van der Waals surface area (Å²) in [7, 11) is 1.41. The topological polar surface area (TPSA) is 59.1 Å². The summed E-state index contributed by atoms with van der Waals surface area (Å²) in [4.78, 5) is 27.2. The third kappa shape index (κ3) is 2.63. The summed E-state index contributed by atoms with van der Waals surface area (Å²) < 4.78 is 0. The van der Waals surface area contributed by atoms with E-state index < -0.39 is 0 Å². The molecule has 1 N–H and O–H groups in total. The van der Waals surface area contributed by atoms with Crippen molar-refractivity contribution in [1.82, 2.24) is 4.98 Å². The summed E-state index contributed by atoms with van der Waals surface area (Å²) in [6, 6.07) is 10.2. The van der Waals surface area contributed by atoms with E-state index in [2.05, 4.69) is 10.3 Å². The molecule has 1 aromatic carbocycles. The summed E-state index contributed by atoms with van der Waals surface area (Å²) >= 11 is 0. The largest absolute Gasteiger partial charge is 0.335 e. The molecule has 0 aliphatic carbocycles. The van der Waals surface area contributed by atoms with Crippen LogP contribution in [0.3, 0.4) is 0 Å². The number of para-hydroxylation sites is 1. The number of ketones is 1. The minimum Gasteiger partial charge on any atom is -0.335 e. The first-order valence-corrected chi connectivity index (χ1v) is 5.50. The van der Waals surface area contributed by atoms with Crippen molar-refractivity contribution in [3.05, 3.63) is 59.9 Å². The second-order valence-corrected chi connectivity index (χ2v) is 3.79. The molecule has 0 radical (unpaired) electrons. The number of anilines is 1. The predicted octanol–water partition coefficient (Wildman–Crippen LogP) is 1.48. The van der Waals surface area contributed by atoms with Crippen LogP contribution in [0.2, 0.25) is 0 Å². The first-order chi connectivity index (χ1) is 8.68. The summed E-state index contributed by atoms with van der Waals surface area (Å²) in [6.07, 6.45) is 3.13. The maximum Gasteiger partial charge on any atom is 0.216 e. The summed E-state index contributed by atoms with van der Waals surface area (Å²) in [5.41, 5.74) is 1.54. The van der Waals surface area contributed by atoms with Gasteiger partial charge in [-0.25, -0.2) is 0 Å². The van der Waals surface area contributed by atoms with Crippen molar-refractivity contribution in [2.45, 2.75) is 0 Å². The van der Waals surface area contributed by atoms with Gasteiger partial charge >= 0.3 is 0 Å². The Morgan fingerprint density at radius 2 is 1.72 bits per heavy atom. The number of carbonyl (C=O) groups is 2. The van der Waals surface area contributed by atoms with E-state index in [1.807, 2.05) is 0 Å². The van der Waals surface area contributed by atoms with Gasteiger partial charge in [0, 0.05) is 23.5 Å². The average molecular weight is 238 g/mol. The monoisotopic (exact) mass is 238 g/mol. The minimum absolute atomic E-state index is 0.137. The molecular weight excluding hydrogens is 227 g/mol.